The van der Waals surface area contributed by atoms with E-state index in [0.29, 0.717) is 19.7 Å². The van der Waals surface area contributed by atoms with Crippen molar-refractivity contribution in [2.75, 3.05) is 19.7 Å². The van der Waals surface area contributed by atoms with E-state index in [2.05, 4.69) is 0 Å². The van der Waals surface area contributed by atoms with Crippen molar-refractivity contribution in [1.82, 2.24) is 4.90 Å². The lowest BCUT2D eigenvalue weighted by Crippen LogP contribution is -2.30. The monoisotopic (exact) mass is 187 g/mol. The summed E-state index contributed by atoms with van der Waals surface area (Å²) in [5, 5.41) is 8.49. The molecule has 0 aromatic rings. The maximum absolute atomic E-state index is 11.0. The Kier molecular flexibility index (Phi) is 3.11. The average molecular weight is 187 g/mol. The number of hydrogen-bond acceptors (Lipinski definition) is 3. The lowest BCUT2D eigenvalue weighted by molar-refractivity contribution is -0.138. The normalized spacial score (nSPS) is 18.5. The molecule has 0 bridgehead atoms. The largest absolute Gasteiger partial charge is 0.481 e. The van der Waals surface area contributed by atoms with Crippen LogP contribution in [0, 0.1) is 5.92 Å². The third kappa shape index (κ3) is 2.93. The van der Waals surface area contributed by atoms with Gasteiger partial charge in [-0.15, -0.1) is 0 Å². The first kappa shape index (κ1) is 9.83. The molecule has 0 saturated carbocycles. The summed E-state index contributed by atoms with van der Waals surface area (Å²) in [4.78, 5) is 22.8. The number of nitrogens with zero attached hydrogens (tertiary/aromatic N) is 1. The molecule has 0 radical (unpaired) electrons. The number of cyclic esters (lactones) is 1. The van der Waals surface area contributed by atoms with Gasteiger partial charge in [0, 0.05) is 13.0 Å². The van der Waals surface area contributed by atoms with Gasteiger partial charge in [0.05, 0.1) is 6.54 Å². The molecule has 1 rings (SSSR count). The van der Waals surface area contributed by atoms with E-state index in [4.69, 9.17) is 9.84 Å². The molecule has 1 heterocycles. The molecule has 0 aromatic carbocycles. The van der Waals surface area contributed by atoms with Gasteiger partial charge < -0.3 is 14.7 Å². The van der Waals surface area contributed by atoms with Gasteiger partial charge in [-0.2, -0.15) is 0 Å². The molecule has 0 spiro atoms. The van der Waals surface area contributed by atoms with Crippen molar-refractivity contribution in [2.45, 2.75) is 13.3 Å². The maximum atomic E-state index is 11.0. The molecule has 1 saturated heterocycles. The summed E-state index contributed by atoms with van der Waals surface area (Å²) in [5.41, 5.74) is 0. The van der Waals surface area contributed by atoms with E-state index < -0.39 is 5.97 Å². The van der Waals surface area contributed by atoms with Crippen molar-refractivity contribution < 1.29 is 19.4 Å². The minimum atomic E-state index is -0.833. The third-order valence-corrected chi connectivity index (χ3v) is 1.90. The van der Waals surface area contributed by atoms with Gasteiger partial charge in [-0.25, -0.2) is 4.79 Å². The second-order valence-electron chi connectivity index (χ2n) is 3.26. The summed E-state index contributed by atoms with van der Waals surface area (Å²) in [7, 11) is 0. The summed E-state index contributed by atoms with van der Waals surface area (Å²) >= 11 is 0. The van der Waals surface area contributed by atoms with Gasteiger partial charge >= 0.3 is 12.1 Å². The van der Waals surface area contributed by atoms with Gasteiger partial charge in [0.1, 0.15) is 6.61 Å². The van der Waals surface area contributed by atoms with E-state index >= 15 is 0 Å². The summed E-state index contributed by atoms with van der Waals surface area (Å²) in [6, 6.07) is 0. The Balaban J connectivity index is 2.30. The minimum Gasteiger partial charge on any atom is -0.481 e. The molecule has 1 aliphatic heterocycles. The minimum absolute atomic E-state index is 0.0249. The van der Waals surface area contributed by atoms with Gasteiger partial charge in [-0.3, -0.25) is 4.79 Å². The molecular weight excluding hydrogens is 174 g/mol. The van der Waals surface area contributed by atoms with Crippen LogP contribution >= 0.6 is 0 Å². The maximum Gasteiger partial charge on any atom is 0.409 e. The zero-order valence-corrected chi connectivity index (χ0v) is 7.52. The molecule has 1 fully saturated rings. The Morgan fingerprint density at radius 3 is 2.92 bits per heavy atom. The lowest BCUT2D eigenvalue weighted by Gasteiger charge is -2.16. The van der Waals surface area contributed by atoms with Crippen LogP contribution in [0.2, 0.25) is 0 Å². The second kappa shape index (κ2) is 4.11. The van der Waals surface area contributed by atoms with Gasteiger partial charge in [0.25, 0.3) is 0 Å². The molecule has 1 amide bonds. The van der Waals surface area contributed by atoms with Crippen LogP contribution < -0.4 is 0 Å². The Hall–Kier alpha value is -1.26. The Morgan fingerprint density at radius 2 is 2.46 bits per heavy atom. The summed E-state index contributed by atoms with van der Waals surface area (Å²) < 4.78 is 4.71. The predicted octanol–water partition coefficient (Wildman–Crippen LogP) is 0.549. The van der Waals surface area contributed by atoms with Crippen molar-refractivity contribution in [2.24, 2.45) is 5.92 Å². The van der Waals surface area contributed by atoms with Gasteiger partial charge in [0.2, 0.25) is 0 Å². The molecule has 1 atom stereocenters. The number of amides is 1. The smallest absolute Gasteiger partial charge is 0.409 e. The van der Waals surface area contributed by atoms with Crippen LogP contribution in [0.25, 0.3) is 0 Å². The van der Waals surface area contributed by atoms with Crippen LogP contribution in [0.4, 0.5) is 4.79 Å². The molecule has 5 heteroatoms. The molecule has 1 aliphatic rings. The quantitative estimate of drug-likeness (QED) is 0.697. The molecule has 1 N–H and O–H groups in total. The fourth-order valence-corrected chi connectivity index (χ4v) is 1.33. The summed E-state index contributed by atoms with van der Waals surface area (Å²) in [5.74, 6) is -0.858. The van der Waals surface area contributed by atoms with Crippen molar-refractivity contribution in [3.63, 3.8) is 0 Å². The van der Waals surface area contributed by atoms with Gasteiger partial charge in [-0.05, 0) is 5.92 Å². The molecule has 13 heavy (non-hydrogen) atoms. The standard InChI is InChI=1S/C8H13NO4/c1-6(4-7(10)11)5-9-2-3-13-8(9)12/h6H,2-5H2,1H3,(H,10,11). The Labute approximate surface area is 76.3 Å². The number of carboxylic acids is 1. The molecule has 1 unspecified atom stereocenters. The van der Waals surface area contributed by atoms with E-state index in [-0.39, 0.29) is 18.4 Å². The number of carbonyl (C=O) groups is 2. The molecule has 5 nitrogen and oxygen atoms in total. The van der Waals surface area contributed by atoms with E-state index in [9.17, 15) is 9.59 Å². The second-order valence-corrected chi connectivity index (χ2v) is 3.26. The van der Waals surface area contributed by atoms with Crippen LogP contribution in [0.1, 0.15) is 13.3 Å². The lowest BCUT2D eigenvalue weighted by atomic mass is 10.1. The highest BCUT2D eigenvalue weighted by molar-refractivity contribution is 5.70. The van der Waals surface area contributed by atoms with Crippen LogP contribution in [-0.4, -0.2) is 41.8 Å². The molecule has 0 aromatic heterocycles. The third-order valence-electron chi connectivity index (χ3n) is 1.90. The first-order valence-electron chi connectivity index (χ1n) is 4.23. The van der Waals surface area contributed by atoms with Crippen LogP contribution in [0.15, 0.2) is 0 Å². The number of carbonyl (C=O) groups excluding carboxylic acids is 1. The van der Waals surface area contributed by atoms with Crippen molar-refractivity contribution in [1.29, 1.82) is 0 Å². The first-order valence-corrected chi connectivity index (χ1v) is 4.23. The predicted molar refractivity (Wildman–Crippen MR) is 44.3 cm³/mol. The topological polar surface area (TPSA) is 66.8 Å². The van der Waals surface area contributed by atoms with E-state index in [1.165, 1.54) is 4.90 Å². The Morgan fingerprint density at radius 1 is 1.77 bits per heavy atom. The number of carboxylic acid groups (broad SMARTS) is 1. The van der Waals surface area contributed by atoms with Gasteiger partial charge in [-0.1, -0.05) is 6.92 Å². The van der Waals surface area contributed by atoms with Crippen LogP contribution in [-0.2, 0) is 9.53 Å². The van der Waals surface area contributed by atoms with E-state index in [1.54, 1.807) is 6.92 Å². The summed E-state index contributed by atoms with van der Waals surface area (Å²) in [6.07, 6.45) is -0.249. The Bertz CT molecular complexity index is 216. The molecular formula is C8H13NO4. The number of ether oxygens (including phenoxy) is 1. The first-order chi connectivity index (χ1) is 6.09. The van der Waals surface area contributed by atoms with Crippen molar-refractivity contribution in [3.05, 3.63) is 0 Å². The SMILES string of the molecule is CC(CC(=O)O)CN1CCOC1=O. The van der Waals surface area contributed by atoms with Crippen LogP contribution in [0.3, 0.4) is 0 Å². The number of hydrogen-bond donors (Lipinski definition) is 1. The number of aliphatic carboxylic acids is 1. The van der Waals surface area contributed by atoms with Crippen molar-refractivity contribution >= 4 is 12.1 Å². The van der Waals surface area contributed by atoms with Crippen molar-refractivity contribution in [3.8, 4) is 0 Å². The zero-order valence-electron chi connectivity index (χ0n) is 7.52. The highest BCUT2D eigenvalue weighted by atomic mass is 16.6. The fraction of sp³-hybridized carbons (Fsp3) is 0.750. The highest BCUT2D eigenvalue weighted by Gasteiger charge is 2.23. The van der Waals surface area contributed by atoms with Crippen LogP contribution in [0.5, 0.6) is 0 Å². The highest BCUT2D eigenvalue weighted by Crippen LogP contribution is 2.09. The average Bonchev–Trinajstić information content (AvgIpc) is 2.34. The fourth-order valence-electron chi connectivity index (χ4n) is 1.33. The molecule has 74 valence electrons. The number of rotatable bonds is 4. The van der Waals surface area contributed by atoms with E-state index in [0.717, 1.165) is 0 Å². The van der Waals surface area contributed by atoms with Gasteiger partial charge in [0.15, 0.2) is 0 Å². The molecule has 0 aliphatic carbocycles. The summed E-state index contributed by atoms with van der Waals surface area (Å²) in [6.45, 7) is 3.26. The van der Waals surface area contributed by atoms with E-state index in [1.807, 2.05) is 0 Å². The zero-order chi connectivity index (χ0) is 9.84.